The van der Waals surface area contributed by atoms with E-state index < -0.39 is 7.32 Å². The van der Waals surface area contributed by atoms with Crippen molar-refractivity contribution in [1.82, 2.24) is 0 Å². The Morgan fingerprint density at radius 1 is 1.33 bits per heavy atom. The average molecular weight is 86.8 g/mol. The van der Waals surface area contributed by atoms with Crippen molar-refractivity contribution >= 4 is 17.4 Å². The molecule has 32 valence electrons. The predicted octanol–water partition coefficient (Wildman–Crippen LogP) is -3.24. The quantitative estimate of drug-likeness (QED) is 0.303. The van der Waals surface area contributed by atoms with Gasteiger partial charge in [-0.2, -0.15) is 0 Å². The second-order valence-electron chi connectivity index (χ2n) is 0.326. The van der Waals surface area contributed by atoms with Gasteiger partial charge in [-0.3, -0.25) is 0 Å². The van der Waals surface area contributed by atoms with Gasteiger partial charge in [-0.05, 0) is 0 Å². The van der Waals surface area contributed by atoms with Gasteiger partial charge < -0.3 is 20.5 Å². The van der Waals surface area contributed by atoms with Crippen LogP contribution in [0.2, 0.25) is 0 Å². The van der Waals surface area contributed by atoms with E-state index in [0.717, 1.165) is 0 Å². The fourth-order valence-corrected chi connectivity index (χ4v) is 0. The monoisotopic (exact) mass is 87.0 g/mol. The Labute approximate surface area is 39.1 Å². The predicted molar refractivity (Wildman–Crippen MR) is 17.9 cm³/mol. The summed E-state index contributed by atoms with van der Waals surface area (Å²) in [7, 11) is -2.42. The first-order valence-electron chi connectivity index (χ1n) is 0.752. The van der Waals surface area contributed by atoms with E-state index in [2.05, 4.69) is 0 Å². The van der Waals surface area contributed by atoms with Crippen LogP contribution in [0.3, 0.4) is 0 Å². The van der Waals surface area contributed by atoms with Crippen LogP contribution < -0.4 is 5.02 Å². The van der Waals surface area contributed by atoms with Crippen LogP contribution in [0, 0.1) is 0 Å². The van der Waals surface area contributed by atoms with Crippen LogP contribution in [0.25, 0.3) is 0 Å². The van der Waals surface area contributed by atoms with E-state index in [1.165, 1.54) is 0 Å². The summed E-state index contributed by atoms with van der Waals surface area (Å²) in [4.78, 5) is 0. The zero-order valence-corrected chi connectivity index (χ0v) is 3.03. The SMILES string of the molecule is [Be+2].[O-]B(O)O.[OH-]. The van der Waals surface area contributed by atoms with Gasteiger partial charge in [-0.15, -0.1) is 0 Å². The van der Waals surface area contributed by atoms with Crippen LogP contribution >= 0.6 is 0 Å². The van der Waals surface area contributed by atoms with Crippen LogP contribution in [0.1, 0.15) is 0 Å². The Morgan fingerprint density at radius 2 is 1.33 bits per heavy atom. The molecule has 0 aromatic heterocycles. The molecule has 0 aliphatic rings. The summed E-state index contributed by atoms with van der Waals surface area (Å²) in [5.74, 6) is 0. The Hall–Kier alpha value is 0.0738. The van der Waals surface area contributed by atoms with Crippen molar-refractivity contribution in [3.05, 3.63) is 0 Å². The third-order valence-electron chi connectivity index (χ3n) is 0. The van der Waals surface area contributed by atoms with Crippen molar-refractivity contribution in [2.75, 3.05) is 0 Å². The third kappa shape index (κ3) is 7070. The standard InChI is InChI=1S/BH2O3.Be.H2O/c2-1(3)4;;/h2-3H;;1H2/q-1;+2;/p-1. The van der Waals surface area contributed by atoms with E-state index in [1.54, 1.807) is 0 Å². The normalized spacial score (nSPS) is 4.50. The molecular formula is H3BBeO4. The summed E-state index contributed by atoms with van der Waals surface area (Å²) in [6, 6.07) is 0. The molecule has 0 aliphatic heterocycles. The van der Waals surface area contributed by atoms with Gasteiger partial charge in [-0.1, -0.05) is 0 Å². The molecule has 0 aromatic carbocycles. The van der Waals surface area contributed by atoms with Crippen LogP contribution in [0.15, 0.2) is 0 Å². The maximum absolute atomic E-state index is 8.64. The fraction of sp³-hybridized carbons (Fsp3) is 0. The van der Waals surface area contributed by atoms with Crippen LogP contribution in [0.5, 0.6) is 0 Å². The molecule has 0 fully saturated rings. The second-order valence-corrected chi connectivity index (χ2v) is 0.326. The van der Waals surface area contributed by atoms with Gasteiger partial charge in [0.25, 0.3) is 0 Å². The van der Waals surface area contributed by atoms with E-state index in [4.69, 9.17) is 15.1 Å². The van der Waals surface area contributed by atoms with E-state index in [9.17, 15) is 0 Å². The number of hydrogen-bond acceptors (Lipinski definition) is 4. The van der Waals surface area contributed by atoms with Gasteiger partial charge in [0.15, 0.2) is 0 Å². The molecule has 3 N–H and O–H groups in total. The Morgan fingerprint density at radius 3 is 1.33 bits per heavy atom. The third-order valence-corrected chi connectivity index (χ3v) is 0. The van der Waals surface area contributed by atoms with Crippen molar-refractivity contribution in [1.29, 1.82) is 0 Å². The van der Waals surface area contributed by atoms with Crippen LogP contribution in [-0.4, -0.2) is 33.0 Å². The van der Waals surface area contributed by atoms with Gasteiger partial charge in [0, 0.05) is 0 Å². The molecule has 0 radical (unpaired) electrons. The summed E-state index contributed by atoms with van der Waals surface area (Å²) in [6.07, 6.45) is 0. The first-order chi connectivity index (χ1) is 1.73. The van der Waals surface area contributed by atoms with Gasteiger partial charge in [0.2, 0.25) is 0 Å². The van der Waals surface area contributed by atoms with E-state index in [1.807, 2.05) is 0 Å². The van der Waals surface area contributed by atoms with Crippen molar-refractivity contribution in [3.8, 4) is 0 Å². The molecule has 0 heterocycles. The molecule has 6 heavy (non-hydrogen) atoms. The maximum Gasteiger partial charge on any atom is 2.00 e. The van der Waals surface area contributed by atoms with Crippen LogP contribution in [0.4, 0.5) is 0 Å². The summed E-state index contributed by atoms with van der Waals surface area (Å²) in [5, 5.41) is 22.8. The molecule has 0 atom stereocenters. The second kappa shape index (κ2) is 8.91. The largest absolute Gasteiger partial charge is 2.00 e. The number of hydrogen-bond donors (Lipinski definition) is 2. The van der Waals surface area contributed by atoms with Crippen molar-refractivity contribution in [3.63, 3.8) is 0 Å². The summed E-state index contributed by atoms with van der Waals surface area (Å²) in [6.45, 7) is 0. The van der Waals surface area contributed by atoms with E-state index in [0.29, 0.717) is 0 Å². The van der Waals surface area contributed by atoms with Gasteiger partial charge in [0.05, 0.1) is 0 Å². The van der Waals surface area contributed by atoms with Crippen LogP contribution in [-0.2, 0) is 0 Å². The minimum absolute atomic E-state index is 0. The average Bonchev–Trinajstić information content (AvgIpc) is 0.811. The Bertz CT molecular complexity index is 12.3. The molecule has 0 aromatic rings. The zero-order chi connectivity index (χ0) is 3.58. The fourth-order valence-electron chi connectivity index (χ4n) is 0. The number of rotatable bonds is 0. The molecule has 4 nitrogen and oxygen atoms in total. The summed E-state index contributed by atoms with van der Waals surface area (Å²) in [5.41, 5.74) is 0. The van der Waals surface area contributed by atoms with E-state index >= 15 is 0 Å². The minimum Gasteiger partial charge on any atom is -0.870 e. The maximum atomic E-state index is 8.64. The first-order valence-corrected chi connectivity index (χ1v) is 0.752. The van der Waals surface area contributed by atoms with Gasteiger partial charge in [0.1, 0.15) is 0 Å². The van der Waals surface area contributed by atoms with Crippen molar-refractivity contribution in [2.45, 2.75) is 0 Å². The topological polar surface area (TPSA) is 93.5 Å². The molecule has 0 saturated heterocycles. The molecule has 0 rings (SSSR count). The Balaban J connectivity index is -0.0000000450. The summed E-state index contributed by atoms with van der Waals surface area (Å²) >= 11 is 0. The van der Waals surface area contributed by atoms with Gasteiger partial charge in [-0.25, -0.2) is 0 Å². The van der Waals surface area contributed by atoms with E-state index in [-0.39, 0.29) is 15.6 Å². The first kappa shape index (κ1) is 16.5. The molecule has 0 bridgehead atoms. The Kier molecular flexibility index (Phi) is 24.6. The molecule has 0 spiro atoms. The smallest absolute Gasteiger partial charge is 0.870 e. The molecule has 0 amide bonds. The molecule has 0 unspecified atom stereocenters. The molecule has 0 saturated carbocycles. The molecule has 0 aliphatic carbocycles. The summed E-state index contributed by atoms with van der Waals surface area (Å²) < 4.78 is 0. The zero-order valence-electron chi connectivity index (χ0n) is 3.03. The molecular weight excluding hydrogens is 83.8 g/mol. The van der Waals surface area contributed by atoms with Gasteiger partial charge >= 0.3 is 17.4 Å². The molecule has 6 heteroatoms. The minimum atomic E-state index is -2.42. The van der Waals surface area contributed by atoms with Crippen molar-refractivity contribution in [2.24, 2.45) is 0 Å². The van der Waals surface area contributed by atoms with Crippen molar-refractivity contribution < 1.29 is 20.5 Å².